The first-order chi connectivity index (χ1) is 18.8. The lowest BCUT2D eigenvalue weighted by molar-refractivity contribution is -0.118. The summed E-state index contributed by atoms with van der Waals surface area (Å²) in [5.41, 5.74) is 4.98. The van der Waals surface area contributed by atoms with Crippen LogP contribution in [0.5, 0.6) is 11.5 Å². The van der Waals surface area contributed by atoms with E-state index in [1.165, 1.54) is 7.11 Å². The number of benzene rings is 4. The predicted molar refractivity (Wildman–Crippen MR) is 155 cm³/mol. The fourth-order valence-corrected chi connectivity index (χ4v) is 6.03. The van der Waals surface area contributed by atoms with E-state index >= 15 is 0 Å². The quantitative estimate of drug-likeness (QED) is 0.211. The molecule has 0 amide bonds. The largest absolute Gasteiger partial charge is 0.493 e. The molecule has 39 heavy (non-hydrogen) atoms. The second-order valence-corrected chi connectivity index (χ2v) is 11.3. The van der Waals surface area contributed by atoms with Crippen LogP contribution in [0.15, 0.2) is 84.4 Å². The fraction of sp³-hybridized carbons (Fsp3) is 0.212. The molecular formula is C33H28ClNO4. The van der Waals surface area contributed by atoms with E-state index in [2.05, 4.69) is 43.4 Å². The molecule has 6 rings (SSSR count). The van der Waals surface area contributed by atoms with Crippen molar-refractivity contribution >= 4 is 45.4 Å². The molecule has 0 radical (unpaired) electrons. The molecule has 0 fully saturated rings. The average Bonchev–Trinajstić information content (AvgIpc) is 2.92. The van der Waals surface area contributed by atoms with Gasteiger partial charge in [0, 0.05) is 23.2 Å². The van der Waals surface area contributed by atoms with Gasteiger partial charge < -0.3 is 14.8 Å². The average molecular weight is 538 g/mol. The molecule has 1 atom stereocenters. The van der Waals surface area contributed by atoms with E-state index in [0.717, 1.165) is 45.2 Å². The summed E-state index contributed by atoms with van der Waals surface area (Å²) in [4.78, 5) is 26.5. The zero-order valence-corrected chi connectivity index (χ0v) is 22.8. The molecule has 6 heteroatoms. The molecule has 1 unspecified atom stereocenters. The van der Waals surface area contributed by atoms with E-state index < -0.39 is 5.97 Å². The van der Waals surface area contributed by atoms with Crippen molar-refractivity contribution < 1.29 is 19.1 Å². The Labute approximate surface area is 232 Å². The summed E-state index contributed by atoms with van der Waals surface area (Å²) in [5, 5.41) is 6.24. The summed E-state index contributed by atoms with van der Waals surface area (Å²) < 4.78 is 11.3. The Bertz CT molecular complexity index is 1690. The lowest BCUT2D eigenvalue weighted by Crippen LogP contribution is -2.33. The molecule has 1 aliphatic heterocycles. The van der Waals surface area contributed by atoms with E-state index in [9.17, 15) is 9.59 Å². The second-order valence-electron chi connectivity index (χ2n) is 10.9. The Morgan fingerprint density at radius 2 is 1.72 bits per heavy atom. The smallest absolute Gasteiger partial charge is 0.345 e. The molecule has 196 valence electrons. The molecule has 2 aliphatic rings. The number of hydrogen-bond acceptors (Lipinski definition) is 5. The number of carbonyl (C=O) groups excluding carboxylic acids is 2. The molecule has 0 saturated carbocycles. The standard InChI is InChI=1S/C33H28ClNO4/c1-33(2)17-23-29-21-9-5-4-8-19(21)12-14-25(29)35-31(30(23)26(36)18-33)20-13-15-27(28(16-20)38-3)39-32(37)22-10-6-7-11-24(22)34/h4-16,31,35H,17-18H2,1-3H3. The van der Waals surface area contributed by atoms with Crippen LogP contribution in [0.1, 0.15) is 54.2 Å². The molecule has 0 bridgehead atoms. The van der Waals surface area contributed by atoms with Gasteiger partial charge in [-0.1, -0.05) is 74.0 Å². The zero-order valence-electron chi connectivity index (χ0n) is 22.0. The van der Waals surface area contributed by atoms with Gasteiger partial charge >= 0.3 is 5.97 Å². The first-order valence-corrected chi connectivity index (χ1v) is 13.3. The van der Waals surface area contributed by atoms with E-state index in [1.807, 2.05) is 24.3 Å². The number of allylic oxidation sites excluding steroid dienone is 1. The van der Waals surface area contributed by atoms with E-state index in [0.29, 0.717) is 17.2 Å². The molecular weight excluding hydrogens is 510 g/mol. The van der Waals surface area contributed by atoms with Gasteiger partial charge in [0.15, 0.2) is 17.3 Å². The summed E-state index contributed by atoms with van der Waals surface area (Å²) in [6.45, 7) is 4.31. The highest BCUT2D eigenvalue weighted by molar-refractivity contribution is 6.33. The normalized spacial score (nSPS) is 17.7. The van der Waals surface area contributed by atoms with Crippen molar-refractivity contribution in [3.8, 4) is 11.5 Å². The number of anilines is 1. The SMILES string of the molecule is COc1cc(C2Nc3ccc4ccccc4c3C3=C2C(=O)CC(C)(C)C3)ccc1OC(=O)c1ccccc1Cl. The highest BCUT2D eigenvalue weighted by Gasteiger charge is 2.41. The number of ether oxygens (including phenoxy) is 2. The van der Waals surface area contributed by atoms with Crippen LogP contribution >= 0.6 is 11.6 Å². The van der Waals surface area contributed by atoms with Crippen molar-refractivity contribution in [2.75, 3.05) is 12.4 Å². The minimum atomic E-state index is -0.571. The van der Waals surface area contributed by atoms with Crippen molar-refractivity contribution in [3.05, 3.63) is 106 Å². The van der Waals surface area contributed by atoms with Gasteiger partial charge in [-0.05, 0) is 64.1 Å². The summed E-state index contributed by atoms with van der Waals surface area (Å²) in [6.07, 6.45) is 1.28. The van der Waals surface area contributed by atoms with E-state index in [-0.39, 0.29) is 28.6 Å². The van der Waals surface area contributed by atoms with Gasteiger partial charge in [0.25, 0.3) is 0 Å². The van der Waals surface area contributed by atoms with Crippen molar-refractivity contribution in [1.29, 1.82) is 0 Å². The van der Waals surface area contributed by atoms with Gasteiger partial charge in [-0.3, -0.25) is 4.79 Å². The number of hydrogen-bond donors (Lipinski definition) is 1. The Kier molecular flexibility index (Phi) is 6.19. The number of nitrogens with one attached hydrogen (secondary N) is 1. The van der Waals surface area contributed by atoms with E-state index in [4.69, 9.17) is 21.1 Å². The molecule has 5 nitrogen and oxygen atoms in total. The molecule has 4 aromatic rings. The zero-order chi connectivity index (χ0) is 27.3. The topological polar surface area (TPSA) is 64.6 Å². The third-order valence-electron chi connectivity index (χ3n) is 7.56. The Hall–Kier alpha value is -4.09. The highest BCUT2D eigenvalue weighted by Crippen LogP contribution is 2.52. The Balaban J connectivity index is 1.44. The van der Waals surface area contributed by atoms with Crippen LogP contribution in [-0.4, -0.2) is 18.9 Å². The number of methoxy groups -OCH3 is 1. The van der Waals surface area contributed by atoms with Gasteiger partial charge in [-0.2, -0.15) is 0 Å². The first-order valence-electron chi connectivity index (χ1n) is 13.0. The van der Waals surface area contributed by atoms with Crippen LogP contribution < -0.4 is 14.8 Å². The van der Waals surface area contributed by atoms with Crippen LogP contribution in [0.2, 0.25) is 5.02 Å². The summed E-state index contributed by atoms with van der Waals surface area (Å²) in [7, 11) is 1.53. The molecule has 4 aromatic carbocycles. The minimum Gasteiger partial charge on any atom is -0.493 e. The number of rotatable bonds is 4. The number of fused-ring (bicyclic) bond motifs is 4. The van der Waals surface area contributed by atoms with Gasteiger partial charge in [-0.15, -0.1) is 0 Å². The van der Waals surface area contributed by atoms with Gasteiger partial charge in [0.1, 0.15) is 0 Å². The van der Waals surface area contributed by atoms with Crippen molar-refractivity contribution in [1.82, 2.24) is 0 Å². The third-order valence-corrected chi connectivity index (χ3v) is 7.89. The summed E-state index contributed by atoms with van der Waals surface area (Å²) in [5.74, 6) is 0.242. The van der Waals surface area contributed by atoms with Crippen LogP contribution in [0.25, 0.3) is 16.3 Å². The molecule has 0 spiro atoms. The fourth-order valence-electron chi connectivity index (χ4n) is 5.82. The molecule has 1 N–H and O–H groups in total. The van der Waals surface area contributed by atoms with Crippen LogP contribution in [-0.2, 0) is 4.79 Å². The van der Waals surface area contributed by atoms with Crippen LogP contribution in [0, 0.1) is 5.41 Å². The monoisotopic (exact) mass is 537 g/mol. The van der Waals surface area contributed by atoms with Crippen LogP contribution in [0.4, 0.5) is 5.69 Å². The third kappa shape index (κ3) is 4.47. The maximum atomic E-state index is 13.7. The maximum Gasteiger partial charge on any atom is 0.345 e. The number of esters is 1. The lowest BCUT2D eigenvalue weighted by Gasteiger charge is -2.40. The summed E-state index contributed by atoms with van der Waals surface area (Å²) >= 11 is 6.18. The van der Waals surface area contributed by atoms with Gasteiger partial charge in [-0.25, -0.2) is 4.79 Å². The molecule has 1 heterocycles. The Morgan fingerprint density at radius 3 is 2.51 bits per heavy atom. The van der Waals surface area contributed by atoms with Crippen molar-refractivity contribution in [2.24, 2.45) is 5.41 Å². The van der Waals surface area contributed by atoms with Crippen LogP contribution in [0.3, 0.4) is 0 Å². The second kappa shape index (κ2) is 9.58. The number of halogens is 1. The van der Waals surface area contributed by atoms with Gasteiger partial charge in [0.2, 0.25) is 0 Å². The number of Topliss-reactive ketones (excluding diaryl/α,β-unsaturated/α-hetero) is 1. The number of carbonyl (C=O) groups is 2. The van der Waals surface area contributed by atoms with Gasteiger partial charge in [0.05, 0.1) is 23.7 Å². The molecule has 1 aliphatic carbocycles. The lowest BCUT2D eigenvalue weighted by atomic mass is 9.68. The van der Waals surface area contributed by atoms with E-state index in [1.54, 1.807) is 30.3 Å². The highest BCUT2D eigenvalue weighted by atomic mass is 35.5. The summed E-state index contributed by atoms with van der Waals surface area (Å²) in [6, 6.07) is 24.3. The van der Waals surface area contributed by atoms with Crippen molar-refractivity contribution in [2.45, 2.75) is 32.7 Å². The minimum absolute atomic E-state index is 0.138. The number of ketones is 1. The first kappa shape index (κ1) is 25.2. The van der Waals surface area contributed by atoms with Crippen molar-refractivity contribution in [3.63, 3.8) is 0 Å². The Morgan fingerprint density at radius 1 is 0.949 bits per heavy atom. The molecule has 0 saturated heterocycles. The molecule has 0 aromatic heterocycles. The maximum absolute atomic E-state index is 13.7. The predicted octanol–water partition coefficient (Wildman–Crippen LogP) is 8.03.